The second kappa shape index (κ2) is 14.7. The second-order valence-electron chi connectivity index (χ2n) is 5.90. The maximum absolute atomic E-state index is 11.2. The molecular formula is C23H30BrClN2O4. The number of amides is 1. The number of ether oxygens (including phenoxy) is 2. The van der Waals surface area contributed by atoms with E-state index < -0.39 is 0 Å². The molecule has 0 aromatic heterocycles. The monoisotopic (exact) mass is 512 g/mol. The van der Waals surface area contributed by atoms with Crippen molar-refractivity contribution in [1.29, 1.82) is 0 Å². The Hall–Kier alpha value is -2.25. The van der Waals surface area contributed by atoms with Crippen LogP contribution in [0.1, 0.15) is 52.5 Å². The normalized spacial score (nSPS) is 12.3. The van der Waals surface area contributed by atoms with Gasteiger partial charge in [0.1, 0.15) is 17.2 Å². The predicted octanol–water partition coefficient (Wildman–Crippen LogP) is 6.32. The summed E-state index contributed by atoms with van der Waals surface area (Å²) in [6, 6.07) is 10.3. The van der Waals surface area contributed by atoms with E-state index in [4.69, 9.17) is 21.1 Å². The molecule has 31 heavy (non-hydrogen) atoms. The fourth-order valence-corrected chi connectivity index (χ4v) is 3.23. The molecule has 0 spiro atoms. The van der Waals surface area contributed by atoms with Crippen LogP contribution in [-0.4, -0.2) is 29.9 Å². The van der Waals surface area contributed by atoms with Crippen molar-refractivity contribution in [3.63, 3.8) is 0 Å². The molecule has 0 aliphatic carbocycles. The van der Waals surface area contributed by atoms with Crippen molar-refractivity contribution in [2.75, 3.05) is 13.2 Å². The minimum absolute atomic E-state index is 0.0775. The Morgan fingerprint density at radius 2 is 1.68 bits per heavy atom. The van der Waals surface area contributed by atoms with Gasteiger partial charge in [-0.1, -0.05) is 39.3 Å². The molecule has 0 bridgehead atoms. The van der Waals surface area contributed by atoms with Crippen molar-refractivity contribution in [3.8, 4) is 17.2 Å². The zero-order chi connectivity index (χ0) is 23.2. The molecule has 1 aliphatic rings. The van der Waals surface area contributed by atoms with E-state index in [0.717, 1.165) is 11.3 Å². The molecule has 3 rings (SSSR count). The number of hydrogen-bond donors (Lipinski definition) is 2. The first kappa shape index (κ1) is 26.8. The van der Waals surface area contributed by atoms with Gasteiger partial charge in [0.15, 0.2) is 0 Å². The molecule has 0 atom stereocenters. The maximum atomic E-state index is 11.2. The van der Waals surface area contributed by atoms with Crippen molar-refractivity contribution < 1.29 is 19.4 Å². The van der Waals surface area contributed by atoms with E-state index in [-0.39, 0.29) is 11.7 Å². The summed E-state index contributed by atoms with van der Waals surface area (Å²) < 4.78 is 12.1. The first-order valence-electron chi connectivity index (χ1n) is 10.4. The molecule has 170 valence electrons. The number of aromatic hydroxyl groups is 1. The minimum atomic E-state index is -0.0775. The van der Waals surface area contributed by atoms with Gasteiger partial charge < -0.3 is 14.6 Å². The van der Waals surface area contributed by atoms with E-state index in [1.54, 1.807) is 30.3 Å². The number of carbonyl (C=O) groups is 1. The Labute approximate surface area is 197 Å². The zero-order valence-electron chi connectivity index (χ0n) is 18.4. The molecule has 0 saturated heterocycles. The van der Waals surface area contributed by atoms with Crippen LogP contribution in [0.5, 0.6) is 17.2 Å². The average molecular weight is 514 g/mol. The van der Waals surface area contributed by atoms with Gasteiger partial charge in [0.05, 0.1) is 28.4 Å². The largest absolute Gasteiger partial charge is 0.508 e. The van der Waals surface area contributed by atoms with E-state index in [9.17, 15) is 9.90 Å². The Morgan fingerprint density at radius 3 is 2.26 bits per heavy atom. The molecule has 1 heterocycles. The van der Waals surface area contributed by atoms with Crippen molar-refractivity contribution in [2.24, 2.45) is 5.10 Å². The van der Waals surface area contributed by atoms with Gasteiger partial charge in [-0.2, -0.15) is 5.10 Å². The number of phenolic OH excluding ortho intramolecular Hbond substituents is 1. The lowest BCUT2D eigenvalue weighted by Crippen LogP contribution is -2.25. The van der Waals surface area contributed by atoms with Gasteiger partial charge in [-0.05, 0) is 57.9 Å². The molecule has 2 N–H and O–H groups in total. The lowest BCUT2D eigenvalue weighted by atomic mass is 10.0. The van der Waals surface area contributed by atoms with Gasteiger partial charge in [-0.3, -0.25) is 4.79 Å². The van der Waals surface area contributed by atoms with Crippen molar-refractivity contribution in [1.82, 2.24) is 5.43 Å². The van der Waals surface area contributed by atoms with E-state index in [2.05, 4.69) is 26.5 Å². The van der Waals surface area contributed by atoms with Crippen molar-refractivity contribution >= 4 is 39.1 Å². The highest BCUT2D eigenvalue weighted by atomic mass is 79.9. The van der Waals surface area contributed by atoms with E-state index in [0.29, 0.717) is 53.5 Å². The smallest absolute Gasteiger partial charge is 0.240 e. The van der Waals surface area contributed by atoms with Crippen LogP contribution < -0.4 is 14.9 Å². The molecule has 8 heteroatoms. The molecule has 2 aromatic rings. The van der Waals surface area contributed by atoms with Crippen LogP contribution in [0, 0.1) is 0 Å². The average Bonchev–Trinajstić information content (AvgIpc) is 2.79. The van der Waals surface area contributed by atoms with Crippen LogP contribution in [0.2, 0.25) is 5.02 Å². The molecule has 0 fully saturated rings. The molecular weight excluding hydrogens is 484 g/mol. The Balaban J connectivity index is 0.00000113. The highest BCUT2D eigenvalue weighted by molar-refractivity contribution is 9.10. The van der Waals surface area contributed by atoms with Crippen LogP contribution in [0.4, 0.5) is 0 Å². The number of hydrazone groups is 1. The number of nitrogens with zero attached hydrogens (tertiary/aromatic N) is 1. The zero-order valence-corrected chi connectivity index (χ0v) is 20.7. The number of hydrogen-bond acceptors (Lipinski definition) is 5. The molecule has 2 aromatic carbocycles. The predicted molar refractivity (Wildman–Crippen MR) is 129 cm³/mol. The van der Waals surface area contributed by atoms with Gasteiger partial charge in [0.25, 0.3) is 0 Å². The van der Waals surface area contributed by atoms with E-state index in [1.165, 1.54) is 0 Å². The van der Waals surface area contributed by atoms with Crippen LogP contribution in [-0.2, 0) is 4.79 Å². The quantitative estimate of drug-likeness (QED) is 0.424. The lowest BCUT2D eigenvalue weighted by Gasteiger charge is -2.14. The number of halogens is 2. The fourth-order valence-electron chi connectivity index (χ4n) is 2.51. The third kappa shape index (κ3) is 8.79. The second-order valence-corrected chi connectivity index (χ2v) is 7.17. The van der Waals surface area contributed by atoms with E-state index >= 15 is 0 Å². The van der Waals surface area contributed by atoms with Crippen LogP contribution in [0.15, 0.2) is 46.0 Å². The Bertz CT molecular complexity index is 875. The van der Waals surface area contributed by atoms with Crippen molar-refractivity contribution in [2.45, 2.75) is 47.0 Å². The van der Waals surface area contributed by atoms with Gasteiger partial charge in [0.2, 0.25) is 5.91 Å². The van der Waals surface area contributed by atoms with Gasteiger partial charge in [-0.15, -0.1) is 0 Å². The number of carbonyl (C=O) groups excluding carboxylic acids is 1. The van der Waals surface area contributed by atoms with E-state index in [1.807, 2.05) is 33.8 Å². The van der Waals surface area contributed by atoms with Gasteiger partial charge >= 0.3 is 0 Å². The minimum Gasteiger partial charge on any atom is -0.508 e. The topological polar surface area (TPSA) is 80.2 Å². The summed E-state index contributed by atoms with van der Waals surface area (Å²) in [5.74, 6) is 1.35. The summed E-state index contributed by atoms with van der Waals surface area (Å²) in [5, 5.41) is 13.9. The molecule has 0 unspecified atom stereocenters. The van der Waals surface area contributed by atoms with Crippen LogP contribution in [0.3, 0.4) is 0 Å². The number of rotatable bonds is 7. The maximum Gasteiger partial charge on any atom is 0.240 e. The molecule has 6 nitrogen and oxygen atoms in total. The van der Waals surface area contributed by atoms with Crippen LogP contribution >= 0.6 is 27.5 Å². The number of phenols is 1. The summed E-state index contributed by atoms with van der Waals surface area (Å²) in [5.41, 5.74) is 4.15. The number of nitrogens with one attached hydrogen (secondary N) is 1. The van der Waals surface area contributed by atoms with Crippen LogP contribution in [0.25, 0.3) is 0 Å². The van der Waals surface area contributed by atoms with Gasteiger partial charge in [-0.25, -0.2) is 5.43 Å². The highest BCUT2D eigenvalue weighted by Crippen LogP contribution is 2.29. The van der Waals surface area contributed by atoms with Gasteiger partial charge in [0, 0.05) is 19.3 Å². The summed E-state index contributed by atoms with van der Waals surface area (Å²) in [4.78, 5) is 11.2. The summed E-state index contributed by atoms with van der Waals surface area (Å²) in [6.45, 7) is 8.92. The molecule has 0 radical (unpaired) electrons. The Morgan fingerprint density at radius 1 is 1.03 bits per heavy atom. The molecule has 1 amide bonds. The molecule has 0 saturated carbocycles. The van der Waals surface area contributed by atoms with Crippen molar-refractivity contribution in [3.05, 3.63) is 51.5 Å². The first-order valence-corrected chi connectivity index (χ1v) is 11.6. The third-order valence-electron chi connectivity index (χ3n) is 3.89. The highest BCUT2D eigenvalue weighted by Gasteiger charge is 2.14. The third-order valence-corrected chi connectivity index (χ3v) is 4.80. The standard InChI is InChI=1S/C19H18BrClN2O4.2C2H6/c20-14-11-13(24)3-6-17(14)26-8-1-9-27-18-5-2-12(10-15(18)21)16-4-7-19(25)23-22-16;2*1-2/h2-3,5-6,10-11,24H,1,4,7-9H2,(H,23,25);2*1-2H3. The summed E-state index contributed by atoms with van der Waals surface area (Å²) in [6.07, 6.45) is 1.68. The SMILES string of the molecule is CC.CC.O=C1CCC(c2ccc(OCCCOc3ccc(O)cc3Br)c(Cl)c2)=NN1. The first-order chi connectivity index (χ1) is 15.0. The summed E-state index contributed by atoms with van der Waals surface area (Å²) >= 11 is 9.63. The number of benzene rings is 2. The Kier molecular flexibility index (Phi) is 12.7. The molecule has 1 aliphatic heterocycles. The lowest BCUT2D eigenvalue weighted by molar-refractivity contribution is -0.121. The fraction of sp³-hybridized carbons (Fsp3) is 0.391. The summed E-state index contributed by atoms with van der Waals surface area (Å²) in [7, 11) is 0.